The van der Waals surface area contributed by atoms with E-state index in [1.807, 2.05) is 18.2 Å². The molecule has 0 saturated heterocycles. The van der Waals surface area contributed by atoms with Crippen LogP contribution in [-0.4, -0.2) is 23.2 Å². The number of halogens is 1. The summed E-state index contributed by atoms with van der Waals surface area (Å²) in [5, 5.41) is 3.72. The smallest absolute Gasteiger partial charge is 0.279 e. The van der Waals surface area contributed by atoms with Gasteiger partial charge in [-0.2, -0.15) is 0 Å². The summed E-state index contributed by atoms with van der Waals surface area (Å²) < 4.78 is 6.51. The molecule has 1 aliphatic carbocycles. The molecule has 1 amide bonds. The van der Waals surface area contributed by atoms with E-state index in [-0.39, 0.29) is 5.91 Å². The molecule has 2 rings (SSSR count). The Labute approximate surface area is 157 Å². The van der Waals surface area contributed by atoms with Gasteiger partial charge < -0.3 is 10.1 Å². The second-order valence-corrected chi connectivity index (χ2v) is 7.50. The average Bonchev–Trinajstić information content (AvgIpc) is 2.54. The van der Waals surface area contributed by atoms with Gasteiger partial charge in [0.05, 0.1) is 0 Å². The van der Waals surface area contributed by atoms with E-state index in [0.717, 1.165) is 10.9 Å². The molecule has 1 aliphatic rings. The number of ether oxygens (including phenoxy) is 1. The number of thiocarbonyl (C=S) groups is 1. The highest BCUT2D eigenvalue weighted by molar-refractivity contribution is 9.10. The maximum absolute atomic E-state index is 12.1. The molecule has 1 fully saturated rings. The van der Waals surface area contributed by atoms with Crippen LogP contribution in [0.5, 0.6) is 5.75 Å². The van der Waals surface area contributed by atoms with Crippen LogP contribution < -0.4 is 20.9 Å². The SMILES string of the molecule is C[C@@H](Oc1cccc(Br)c1)C(=O)NNC(=S)N[C@H]1CCCC[C@@H]1C. The molecule has 1 saturated carbocycles. The number of amides is 1. The highest BCUT2D eigenvalue weighted by atomic mass is 79.9. The number of hydrogen-bond donors (Lipinski definition) is 3. The van der Waals surface area contributed by atoms with Crippen molar-refractivity contribution in [3.05, 3.63) is 28.7 Å². The number of rotatable bonds is 4. The lowest BCUT2D eigenvalue weighted by Crippen LogP contribution is -2.53. The van der Waals surface area contributed by atoms with Crippen LogP contribution in [-0.2, 0) is 4.79 Å². The summed E-state index contributed by atoms with van der Waals surface area (Å²) in [6.07, 6.45) is 4.18. The molecular formula is C17H24BrN3O2S. The van der Waals surface area contributed by atoms with Gasteiger partial charge >= 0.3 is 0 Å². The maximum atomic E-state index is 12.1. The first-order chi connectivity index (χ1) is 11.5. The molecule has 1 aromatic carbocycles. The Morgan fingerprint density at radius 3 is 2.79 bits per heavy atom. The fraction of sp³-hybridized carbons (Fsp3) is 0.529. The summed E-state index contributed by atoms with van der Waals surface area (Å²) in [4.78, 5) is 12.1. The van der Waals surface area contributed by atoms with E-state index in [4.69, 9.17) is 17.0 Å². The predicted molar refractivity (Wildman–Crippen MR) is 103 cm³/mol. The zero-order chi connectivity index (χ0) is 17.5. The first-order valence-electron chi connectivity index (χ1n) is 8.24. The van der Waals surface area contributed by atoms with Gasteiger partial charge in [0.15, 0.2) is 11.2 Å². The number of carbonyl (C=O) groups is 1. The Morgan fingerprint density at radius 1 is 1.33 bits per heavy atom. The number of carbonyl (C=O) groups excluding carboxylic acids is 1. The van der Waals surface area contributed by atoms with Gasteiger partial charge in [0.1, 0.15) is 5.75 Å². The van der Waals surface area contributed by atoms with Gasteiger partial charge in [-0.05, 0) is 56.1 Å². The molecule has 0 radical (unpaired) electrons. The zero-order valence-corrected chi connectivity index (χ0v) is 16.4. The van der Waals surface area contributed by atoms with Gasteiger partial charge in [-0.1, -0.05) is 41.8 Å². The molecule has 3 N–H and O–H groups in total. The second kappa shape index (κ2) is 9.22. The van der Waals surface area contributed by atoms with Crippen LogP contribution in [0.4, 0.5) is 0 Å². The third-order valence-electron chi connectivity index (χ3n) is 4.21. The van der Waals surface area contributed by atoms with Crippen molar-refractivity contribution in [2.24, 2.45) is 5.92 Å². The summed E-state index contributed by atoms with van der Waals surface area (Å²) in [6.45, 7) is 3.92. The minimum Gasteiger partial charge on any atom is -0.481 e. The van der Waals surface area contributed by atoms with E-state index in [2.05, 4.69) is 39.0 Å². The number of hydrazine groups is 1. The number of benzene rings is 1. The Balaban J connectivity index is 1.74. The van der Waals surface area contributed by atoms with Crippen molar-refractivity contribution in [2.45, 2.75) is 51.7 Å². The lowest BCUT2D eigenvalue weighted by atomic mass is 9.86. The summed E-state index contributed by atoms with van der Waals surface area (Å²) in [7, 11) is 0. The first kappa shape index (κ1) is 19.0. The molecule has 0 unspecified atom stereocenters. The molecular weight excluding hydrogens is 390 g/mol. The van der Waals surface area contributed by atoms with Crippen molar-refractivity contribution < 1.29 is 9.53 Å². The molecule has 24 heavy (non-hydrogen) atoms. The predicted octanol–water partition coefficient (Wildman–Crippen LogP) is 3.29. The highest BCUT2D eigenvalue weighted by Crippen LogP contribution is 2.23. The quantitative estimate of drug-likeness (QED) is 0.522. The molecule has 0 heterocycles. The lowest BCUT2D eigenvalue weighted by molar-refractivity contribution is -0.127. The number of hydrogen-bond acceptors (Lipinski definition) is 3. The molecule has 132 valence electrons. The van der Waals surface area contributed by atoms with E-state index in [1.54, 1.807) is 13.0 Å². The van der Waals surface area contributed by atoms with Crippen LogP contribution >= 0.6 is 28.1 Å². The molecule has 0 bridgehead atoms. The lowest BCUT2D eigenvalue weighted by Gasteiger charge is -2.30. The third kappa shape index (κ3) is 5.94. The van der Waals surface area contributed by atoms with E-state index < -0.39 is 6.10 Å². The zero-order valence-electron chi connectivity index (χ0n) is 14.0. The highest BCUT2D eigenvalue weighted by Gasteiger charge is 2.22. The minimum atomic E-state index is -0.636. The van der Waals surface area contributed by atoms with Crippen LogP contribution in [0.1, 0.15) is 39.5 Å². The largest absolute Gasteiger partial charge is 0.481 e. The van der Waals surface area contributed by atoms with E-state index in [9.17, 15) is 4.79 Å². The Morgan fingerprint density at radius 2 is 2.08 bits per heavy atom. The van der Waals surface area contributed by atoms with Gasteiger partial charge in [-0.3, -0.25) is 15.6 Å². The molecule has 5 nitrogen and oxygen atoms in total. The second-order valence-electron chi connectivity index (χ2n) is 6.17. The summed E-state index contributed by atoms with van der Waals surface area (Å²) >= 11 is 8.63. The average molecular weight is 414 g/mol. The monoisotopic (exact) mass is 413 g/mol. The van der Waals surface area contributed by atoms with Crippen LogP contribution in [0.3, 0.4) is 0 Å². The van der Waals surface area contributed by atoms with Crippen molar-refractivity contribution >= 4 is 39.2 Å². The van der Waals surface area contributed by atoms with Gasteiger partial charge in [0, 0.05) is 10.5 Å². The van der Waals surface area contributed by atoms with Crippen LogP contribution in [0, 0.1) is 5.92 Å². The Hall–Kier alpha value is -1.34. The Bertz CT molecular complexity index is 585. The molecule has 0 spiro atoms. The Kier molecular flexibility index (Phi) is 7.30. The summed E-state index contributed by atoms with van der Waals surface area (Å²) in [5.74, 6) is 0.938. The third-order valence-corrected chi connectivity index (χ3v) is 4.92. The first-order valence-corrected chi connectivity index (χ1v) is 9.44. The van der Waals surface area contributed by atoms with Crippen molar-refractivity contribution in [2.75, 3.05) is 0 Å². The van der Waals surface area contributed by atoms with Gasteiger partial charge in [0.2, 0.25) is 0 Å². The van der Waals surface area contributed by atoms with E-state index in [1.165, 1.54) is 19.3 Å². The van der Waals surface area contributed by atoms with Crippen molar-refractivity contribution in [3.63, 3.8) is 0 Å². The topological polar surface area (TPSA) is 62.4 Å². The molecule has 0 aromatic heterocycles. The fourth-order valence-electron chi connectivity index (χ4n) is 2.75. The van der Waals surface area contributed by atoms with Gasteiger partial charge in [-0.25, -0.2) is 0 Å². The van der Waals surface area contributed by atoms with Crippen molar-refractivity contribution in [3.8, 4) is 5.75 Å². The van der Waals surface area contributed by atoms with E-state index in [0.29, 0.717) is 22.8 Å². The maximum Gasteiger partial charge on any atom is 0.279 e. The van der Waals surface area contributed by atoms with Crippen LogP contribution in [0.15, 0.2) is 28.7 Å². The summed E-state index contributed by atoms with van der Waals surface area (Å²) in [6, 6.07) is 7.74. The normalized spacial score (nSPS) is 21.5. The number of nitrogens with one attached hydrogen (secondary N) is 3. The van der Waals surface area contributed by atoms with Crippen LogP contribution in [0.2, 0.25) is 0 Å². The van der Waals surface area contributed by atoms with E-state index >= 15 is 0 Å². The standard InChI is InChI=1S/C17H24BrN3O2S/c1-11-6-3-4-9-15(11)19-17(24)21-20-16(22)12(2)23-14-8-5-7-13(18)10-14/h5,7-8,10-12,15H,3-4,6,9H2,1-2H3,(H,20,22)(H2,19,21,24)/t11-,12+,15-/m0/s1. The molecule has 1 aromatic rings. The van der Waals surface area contributed by atoms with Crippen molar-refractivity contribution in [1.29, 1.82) is 0 Å². The summed E-state index contributed by atoms with van der Waals surface area (Å²) in [5.41, 5.74) is 5.35. The van der Waals surface area contributed by atoms with Gasteiger partial charge in [-0.15, -0.1) is 0 Å². The van der Waals surface area contributed by atoms with Gasteiger partial charge in [0.25, 0.3) is 5.91 Å². The molecule has 7 heteroatoms. The fourth-order valence-corrected chi connectivity index (χ4v) is 3.33. The minimum absolute atomic E-state index is 0.282. The van der Waals surface area contributed by atoms with Crippen LogP contribution in [0.25, 0.3) is 0 Å². The molecule has 3 atom stereocenters. The molecule has 0 aliphatic heterocycles. The van der Waals surface area contributed by atoms with Crippen molar-refractivity contribution in [1.82, 2.24) is 16.2 Å².